The monoisotopic (exact) mass is 315 g/mol. The number of benzene rings is 1. The van der Waals surface area contributed by atoms with Crippen LogP contribution < -0.4 is 5.32 Å². The molecule has 0 amide bonds. The molecule has 1 atom stereocenters. The summed E-state index contributed by atoms with van der Waals surface area (Å²) in [6.45, 7) is 9.06. The molecular formula is C14H19BrClN. The lowest BCUT2D eigenvalue weighted by Gasteiger charge is -2.19. The summed E-state index contributed by atoms with van der Waals surface area (Å²) in [5, 5.41) is 4.29. The van der Waals surface area contributed by atoms with Gasteiger partial charge in [-0.3, -0.25) is 0 Å². The van der Waals surface area contributed by atoms with Gasteiger partial charge in [0.25, 0.3) is 0 Å². The summed E-state index contributed by atoms with van der Waals surface area (Å²) in [6.07, 6.45) is 2.05. The molecule has 1 aromatic rings. The fraction of sp³-hybridized carbons (Fsp3) is 0.429. The van der Waals surface area contributed by atoms with E-state index < -0.39 is 0 Å². The van der Waals surface area contributed by atoms with E-state index in [2.05, 4.69) is 47.7 Å². The van der Waals surface area contributed by atoms with Crippen molar-refractivity contribution in [3.05, 3.63) is 45.4 Å². The lowest BCUT2D eigenvalue weighted by molar-refractivity contribution is 0.515. The Balaban J connectivity index is 2.84. The molecule has 0 aliphatic carbocycles. The maximum Gasteiger partial charge on any atom is 0.0465 e. The van der Waals surface area contributed by atoms with Crippen LogP contribution >= 0.6 is 27.5 Å². The van der Waals surface area contributed by atoms with E-state index in [1.807, 2.05) is 12.1 Å². The van der Waals surface area contributed by atoms with Crippen molar-refractivity contribution in [1.29, 1.82) is 0 Å². The minimum atomic E-state index is 0.303. The van der Waals surface area contributed by atoms with Gasteiger partial charge in [0.1, 0.15) is 0 Å². The van der Waals surface area contributed by atoms with Gasteiger partial charge in [-0.1, -0.05) is 46.1 Å². The number of allylic oxidation sites excluding steroid dienone is 1. The summed E-state index contributed by atoms with van der Waals surface area (Å²) in [6, 6.07) is 6.37. The van der Waals surface area contributed by atoms with Crippen molar-refractivity contribution in [3.8, 4) is 0 Å². The maximum absolute atomic E-state index is 6.28. The highest BCUT2D eigenvalue weighted by molar-refractivity contribution is 9.10. The van der Waals surface area contributed by atoms with Crippen LogP contribution in [0, 0.1) is 0 Å². The summed E-state index contributed by atoms with van der Waals surface area (Å²) in [4.78, 5) is 0. The molecule has 0 radical (unpaired) electrons. The zero-order valence-electron chi connectivity index (χ0n) is 10.4. The lowest BCUT2D eigenvalue weighted by atomic mass is 10.00. The Bertz CT molecular complexity index is 390. The van der Waals surface area contributed by atoms with Gasteiger partial charge in [-0.25, -0.2) is 0 Å². The zero-order valence-corrected chi connectivity index (χ0v) is 12.7. The fourth-order valence-electron chi connectivity index (χ4n) is 1.79. The second-order valence-electron chi connectivity index (χ2n) is 4.27. The van der Waals surface area contributed by atoms with Crippen molar-refractivity contribution in [1.82, 2.24) is 5.32 Å². The molecule has 0 fully saturated rings. The van der Waals surface area contributed by atoms with Crippen molar-refractivity contribution >= 4 is 27.5 Å². The predicted molar refractivity (Wildman–Crippen MR) is 79.6 cm³/mol. The molecule has 0 saturated heterocycles. The summed E-state index contributed by atoms with van der Waals surface area (Å²) in [5.41, 5.74) is 2.37. The molecule has 1 N–H and O–H groups in total. The van der Waals surface area contributed by atoms with E-state index in [0.29, 0.717) is 6.04 Å². The molecule has 0 saturated carbocycles. The van der Waals surface area contributed by atoms with Crippen LogP contribution in [0.1, 0.15) is 38.3 Å². The van der Waals surface area contributed by atoms with Gasteiger partial charge in [-0.15, -0.1) is 6.58 Å². The van der Waals surface area contributed by atoms with E-state index in [9.17, 15) is 0 Å². The number of halogens is 2. The molecular weight excluding hydrogens is 298 g/mol. The molecule has 3 heteroatoms. The van der Waals surface area contributed by atoms with E-state index in [0.717, 1.165) is 34.4 Å². The summed E-state index contributed by atoms with van der Waals surface area (Å²) >= 11 is 9.71. The van der Waals surface area contributed by atoms with E-state index in [4.69, 9.17) is 11.6 Å². The Morgan fingerprint density at radius 2 is 2.24 bits per heavy atom. The average Bonchev–Trinajstić information content (AvgIpc) is 2.24. The second-order valence-corrected chi connectivity index (χ2v) is 5.59. The fourth-order valence-corrected chi connectivity index (χ4v) is 2.59. The van der Waals surface area contributed by atoms with Gasteiger partial charge >= 0.3 is 0 Å². The molecule has 1 nitrogen and oxygen atoms in total. The van der Waals surface area contributed by atoms with Gasteiger partial charge in [0, 0.05) is 15.5 Å². The summed E-state index contributed by atoms with van der Waals surface area (Å²) in [5.74, 6) is 0. The van der Waals surface area contributed by atoms with Gasteiger partial charge in [0.15, 0.2) is 0 Å². The molecule has 94 valence electrons. The quantitative estimate of drug-likeness (QED) is 0.719. The molecule has 1 aromatic carbocycles. The van der Waals surface area contributed by atoms with E-state index >= 15 is 0 Å². The van der Waals surface area contributed by atoms with Crippen LogP contribution in [0.3, 0.4) is 0 Å². The first-order valence-corrected chi connectivity index (χ1v) is 7.04. The van der Waals surface area contributed by atoms with Gasteiger partial charge in [0.05, 0.1) is 0 Å². The molecule has 0 bridgehead atoms. The largest absolute Gasteiger partial charge is 0.310 e. The highest BCUT2D eigenvalue weighted by atomic mass is 79.9. The standard InChI is InChI=1S/C14H19BrClN/c1-4-17-14(8-5-10(2)3)12-7-6-11(15)9-13(12)16/h6-7,9,14,17H,2,4-5,8H2,1,3H3. The Morgan fingerprint density at radius 3 is 2.76 bits per heavy atom. The van der Waals surface area contributed by atoms with Gasteiger partial charge in [0.2, 0.25) is 0 Å². The highest BCUT2D eigenvalue weighted by Gasteiger charge is 2.13. The van der Waals surface area contributed by atoms with Crippen molar-refractivity contribution < 1.29 is 0 Å². The van der Waals surface area contributed by atoms with Gasteiger partial charge < -0.3 is 5.32 Å². The highest BCUT2D eigenvalue weighted by Crippen LogP contribution is 2.29. The molecule has 0 spiro atoms. The Hall–Kier alpha value is -0.310. The van der Waals surface area contributed by atoms with Crippen molar-refractivity contribution in [2.24, 2.45) is 0 Å². The van der Waals surface area contributed by atoms with E-state index in [1.54, 1.807) is 0 Å². The summed E-state index contributed by atoms with van der Waals surface area (Å²) in [7, 11) is 0. The number of nitrogens with one attached hydrogen (secondary N) is 1. The van der Waals surface area contributed by atoms with Crippen LogP contribution in [0.2, 0.25) is 5.02 Å². The minimum Gasteiger partial charge on any atom is -0.310 e. The lowest BCUT2D eigenvalue weighted by Crippen LogP contribution is -2.21. The van der Waals surface area contributed by atoms with Crippen LogP contribution in [0.5, 0.6) is 0 Å². The Labute approximate surface area is 117 Å². The predicted octanol–water partition coefficient (Wildman–Crippen LogP) is 5.11. The third kappa shape index (κ3) is 4.82. The van der Waals surface area contributed by atoms with Crippen LogP contribution in [-0.4, -0.2) is 6.54 Å². The topological polar surface area (TPSA) is 12.0 Å². The number of hydrogen-bond donors (Lipinski definition) is 1. The molecule has 17 heavy (non-hydrogen) atoms. The van der Waals surface area contributed by atoms with E-state index in [1.165, 1.54) is 5.57 Å². The maximum atomic E-state index is 6.28. The minimum absolute atomic E-state index is 0.303. The third-order valence-electron chi connectivity index (χ3n) is 2.65. The van der Waals surface area contributed by atoms with Crippen molar-refractivity contribution in [3.63, 3.8) is 0 Å². The molecule has 0 aromatic heterocycles. The first-order chi connectivity index (χ1) is 8.04. The normalized spacial score (nSPS) is 12.5. The Morgan fingerprint density at radius 1 is 1.53 bits per heavy atom. The SMILES string of the molecule is C=C(C)CCC(NCC)c1ccc(Br)cc1Cl. The van der Waals surface area contributed by atoms with E-state index in [-0.39, 0.29) is 0 Å². The third-order valence-corrected chi connectivity index (χ3v) is 3.47. The van der Waals surface area contributed by atoms with Gasteiger partial charge in [-0.2, -0.15) is 0 Å². The number of rotatable bonds is 6. The van der Waals surface area contributed by atoms with Crippen molar-refractivity contribution in [2.45, 2.75) is 32.7 Å². The Kier molecular flexibility index (Phi) is 6.24. The second kappa shape index (κ2) is 7.20. The van der Waals surface area contributed by atoms with Gasteiger partial charge in [-0.05, 0) is 44.0 Å². The molecule has 0 aliphatic rings. The van der Waals surface area contributed by atoms with Crippen LogP contribution in [0.25, 0.3) is 0 Å². The molecule has 0 heterocycles. The molecule has 1 rings (SSSR count). The smallest absolute Gasteiger partial charge is 0.0465 e. The van der Waals surface area contributed by atoms with Crippen molar-refractivity contribution in [2.75, 3.05) is 6.54 Å². The average molecular weight is 317 g/mol. The molecule has 0 aliphatic heterocycles. The van der Waals surface area contributed by atoms with Crippen LogP contribution in [0.4, 0.5) is 0 Å². The summed E-state index contributed by atoms with van der Waals surface area (Å²) < 4.78 is 1.02. The number of hydrogen-bond acceptors (Lipinski definition) is 1. The van der Waals surface area contributed by atoms with Crippen LogP contribution in [0.15, 0.2) is 34.8 Å². The molecule has 1 unspecified atom stereocenters. The first-order valence-electron chi connectivity index (χ1n) is 5.87. The zero-order chi connectivity index (χ0) is 12.8. The van der Waals surface area contributed by atoms with Crippen LogP contribution in [-0.2, 0) is 0 Å². The first kappa shape index (κ1) is 14.7.